The lowest BCUT2D eigenvalue weighted by Gasteiger charge is -2.09. The van der Waals surface area contributed by atoms with Crippen molar-refractivity contribution in [1.29, 1.82) is 5.26 Å². The smallest absolute Gasteiger partial charge is 0.252 e. The van der Waals surface area contributed by atoms with Crippen LogP contribution in [-0.4, -0.2) is 18.2 Å². The van der Waals surface area contributed by atoms with Crippen LogP contribution in [-0.2, 0) is 4.79 Å². The van der Waals surface area contributed by atoms with Crippen LogP contribution in [0.5, 0.6) is 0 Å². The molecule has 0 radical (unpaired) electrons. The number of rotatable bonds is 3. The standard InChI is InChI=1S/C14H14N2O2/c15-7-8-16-14(18)11-3-1-10(2-4-11)12-5-6-13(17)9-12/h1-4,12H,5-6,8-9H2,(H,16,18)/t12-/m0/s1. The van der Waals surface area contributed by atoms with Crippen LogP contribution < -0.4 is 5.32 Å². The van der Waals surface area contributed by atoms with Crippen molar-refractivity contribution in [3.8, 4) is 6.07 Å². The molecule has 1 fully saturated rings. The van der Waals surface area contributed by atoms with E-state index in [1.54, 1.807) is 12.1 Å². The van der Waals surface area contributed by atoms with Crippen LogP contribution in [0.15, 0.2) is 24.3 Å². The highest BCUT2D eigenvalue weighted by Crippen LogP contribution is 2.31. The average molecular weight is 242 g/mol. The summed E-state index contributed by atoms with van der Waals surface area (Å²) in [6.07, 6.45) is 2.17. The molecule has 92 valence electrons. The number of nitrogens with zero attached hydrogens (tertiary/aromatic N) is 1. The van der Waals surface area contributed by atoms with Crippen molar-refractivity contribution in [2.75, 3.05) is 6.54 Å². The van der Waals surface area contributed by atoms with Gasteiger partial charge in [0.05, 0.1) is 6.07 Å². The van der Waals surface area contributed by atoms with Crippen LogP contribution in [0.3, 0.4) is 0 Å². The number of nitriles is 1. The van der Waals surface area contributed by atoms with E-state index < -0.39 is 0 Å². The van der Waals surface area contributed by atoms with Gasteiger partial charge in [0.1, 0.15) is 12.3 Å². The predicted octanol–water partition coefficient (Wildman–Crippen LogP) is 1.78. The van der Waals surface area contributed by atoms with Gasteiger partial charge in [-0.05, 0) is 30.0 Å². The van der Waals surface area contributed by atoms with Gasteiger partial charge in [0.25, 0.3) is 5.91 Å². The fourth-order valence-electron chi connectivity index (χ4n) is 2.23. The number of benzene rings is 1. The molecule has 18 heavy (non-hydrogen) atoms. The van der Waals surface area contributed by atoms with Crippen molar-refractivity contribution in [3.05, 3.63) is 35.4 Å². The summed E-state index contributed by atoms with van der Waals surface area (Å²) in [6.45, 7) is 0.0116. The van der Waals surface area contributed by atoms with E-state index in [2.05, 4.69) is 5.32 Å². The summed E-state index contributed by atoms with van der Waals surface area (Å²) in [5, 5.41) is 10.9. The van der Waals surface area contributed by atoms with Gasteiger partial charge in [0, 0.05) is 18.4 Å². The van der Waals surface area contributed by atoms with Crippen LogP contribution >= 0.6 is 0 Å². The van der Waals surface area contributed by atoms with Gasteiger partial charge in [-0.1, -0.05) is 12.1 Å². The third-order valence-corrected chi connectivity index (χ3v) is 3.22. The van der Waals surface area contributed by atoms with Crippen molar-refractivity contribution in [2.45, 2.75) is 25.2 Å². The Balaban J connectivity index is 2.04. The highest BCUT2D eigenvalue weighted by atomic mass is 16.1. The van der Waals surface area contributed by atoms with Crippen LogP contribution in [0.25, 0.3) is 0 Å². The number of hydrogen-bond donors (Lipinski definition) is 1. The Labute approximate surface area is 106 Å². The summed E-state index contributed by atoms with van der Waals surface area (Å²) in [7, 11) is 0. The fourth-order valence-corrected chi connectivity index (χ4v) is 2.23. The summed E-state index contributed by atoms with van der Waals surface area (Å²) in [5.74, 6) is 0.371. The quantitative estimate of drug-likeness (QED) is 0.821. The molecule has 0 heterocycles. The minimum Gasteiger partial charge on any atom is -0.339 e. The minimum atomic E-state index is -0.245. The fraction of sp³-hybridized carbons (Fsp3) is 0.357. The average Bonchev–Trinajstić information content (AvgIpc) is 2.83. The molecule has 1 aliphatic carbocycles. The second-order valence-electron chi connectivity index (χ2n) is 4.44. The molecule has 0 aromatic heterocycles. The van der Waals surface area contributed by atoms with Crippen molar-refractivity contribution >= 4 is 11.7 Å². The Hall–Kier alpha value is -2.15. The molecule has 0 unspecified atom stereocenters. The Morgan fingerprint density at radius 3 is 2.67 bits per heavy atom. The van der Waals surface area contributed by atoms with Crippen molar-refractivity contribution in [2.24, 2.45) is 0 Å². The van der Waals surface area contributed by atoms with Crippen LogP contribution in [0.1, 0.15) is 41.1 Å². The normalized spacial score (nSPS) is 18.4. The third kappa shape index (κ3) is 2.75. The molecule has 1 amide bonds. The maximum absolute atomic E-state index is 11.6. The summed E-state index contributed by atoms with van der Waals surface area (Å²) in [4.78, 5) is 22.8. The van der Waals surface area contributed by atoms with Gasteiger partial charge in [-0.25, -0.2) is 0 Å². The van der Waals surface area contributed by atoms with E-state index in [9.17, 15) is 9.59 Å². The summed E-state index contributed by atoms with van der Waals surface area (Å²) in [6, 6.07) is 9.13. The van der Waals surface area contributed by atoms with E-state index >= 15 is 0 Å². The van der Waals surface area contributed by atoms with Crippen molar-refractivity contribution in [3.63, 3.8) is 0 Å². The molecule has 1 aromatic rings. The van der Waals surface area contributed by atoms with E-state index in [4.69, 9.17) is 5.26 Å². The van der Waals surface area contributed by atoms with Crippen LogP contribution in [0.2, 0.25) is 0 Å². The number of carbonyl (C=O) groups is 2. The number of hydrogen-bond acceptors (Lipinski definition) is 3. The third-order valence-electron chi connectivity index (χ3n) is 3.22. The molecule has 1 atom stereocenters. The van der Waals surface area contributed by atoms with E-state index in [-0.39, 0.29) is 12.5 Å². The first kappa shape index (κ1) is 12.3. The summed E-state index contributed by atoms with van der Waals surface area (Å²) < 4.78 is 0. The molecule has 0 aliphatic heterocycles. The maximum atomic E-state index is 11.6. The van der Waals surface area contributed by atoms with E-state index in [1.165, 1.54) is 0 Å². The zero-order valence-electron chi connectivity index (χ0n) is 9.98. The maximum Gasteiger partial charge on any atom is 0.252 e. The van der Waals surface area contributed by atoms with Gasteiger partial charge >= 0.3 is 0 Å². The first-order valence-corrected chi connectivity index (χ1v) is 5.97. The molecule has 0 spiro atoms. The number of nitrogens with one attached hydrogen (secondary N) is 1. The highest BCUT2D eigenvalue weighted by molar-refractivity contribution is 5.94. The number of Topliss-reactive ketones (excluding diaryl/α,β-unsaturated/α-hetero) is 1. The predicted molar refractivity (Wildman–Crippen MR) is 66.0 cm³/mol. The van der Waals surface area contributed by atoms with Gasteiger partial charge in [-0.2, -0.15) is 5.26 Å². The van der Waals surface area contributed by atoms with Crippen molar-refractivity contribution in [1.82, 2.24) is 5.32 Å². The summed E-state index contributed by atoms with van der Waals surface area (Å²) in [5.41, 5.74) is 1.65. The van der Waals surface area contributed by atoms with E-state index in [0.717, 1.165) is 12.0 Å². The largest absolute Gasteiger partial charge is 0.339 e. The van der Waals surface area contributed by atoms with Gasteiger partial charge < -0.3 is 5.32 Å². The van der Waals surface area contributed by atoms with Gasteiger partial charge in [-0.15, -0.1) is 0 Å². The molecule has 0 bridgehead atoms. The SMILES string of the molecule is N#CCNC(=O)c1ccc([C@H]2CCC(=O)C2)cc1. The Bertz CT molecular complexity index is 500. The zero-order chi connectivity index (χ0) is 13.0. The molecule has 0 saturated heterocycles. The van der Waals surface area contributed by atoms with Crippen LogP contribution in [0, 0.1) is 11.3 Å². The monoisotopic (exact) mass is 242 g/mol. The highest BCUT2D eigenvalue weighted by Gasteiger charge is 2.23. The first-order chi connectivity index (χ1) is 8.70. The van der Waals surface area contributed by atoms with Crippen LogP contribution in [0.4, 0.5) is 0 Å². The number of carbonyl (C=O) groups excluding carboxylic acids is 2. The second kappa shape index (κ2) is 5.46. The second-order valence-corrected chi connectivity index (χ2v) is 4.44. The van der Waals surface area contributed by atoms with E-state index in [0.29, 0.717) is 30.1 Å². The Morgan fingerprint density at radius 1 is 1.39 bits per heavy atom. The lowest BCUT2D eigenvalue weighted by molar-refractivity contribution is -0.117. The minimum absolute atomic E-state index is 0.0116. The van der Waals surface area contributed by atoms with Crippen molar-refractivity contribution < 1.29 is 9.59 Å². The molecule has 1 aromatic carbocycles. The molecule has 4 nitrogen and oxygen atoms in total. The topological polar surface area (TPSA) is 70.0 Å². The number of amides is 1. The lowest BCUT2D eigenvalue weighted by atomic mass is 9.96. The van der Waals surface area contributed by atoms with Gasteiger partial charge in [0.2, 0.25) is 0 Å². The van der Waals surface area contributed by atoms with Gasteiger partial charge in [0.15, 0.2) is 0 Å². The lowest BCUT2D eigenvalue weighted by Crippen LogP contribution is -2.23. The van der Waals surface area contributed by atoms with E-state index in [1.807, 2.05) is 18.2 Å². The molecule has 2 rings (SSSR count). The zero-order valence-corrected chi connectivity index (χ0v) is 9.98. The number of ketones is 1. The molecule has 1 aliphatic rings. The van der Waals surface area contributed by atoms with Gasteiger partial charge in [-0.3, -0.25) is 9.59 Å². The summed E-state index contributed by atoms with van der Waals surface area (Å²) >= 11 is 0. The molecular formula is C14H14N2O2. The molecule has 1 saturated carbocycles. The Kier molecular flexibility index (Phi) is 3.73. The Morgan fingerprint density at radius 2 is 2.11 bits per heavy atom. The molecule has 1 N–H and O–H groups in total. The molecular weight excluding hydrogens is 228 g/mol. The molecule has 4 heteroatoms. The first-order valence-electron chi connectivity index (χ1n) is 5.97.